The van der Waals surface area contributed by atoms with Crippen molar-refractivity contribution in [2.45, 2.75) is 329 Å². The second kappa shape index (κ2) is 30.4. The van der Waals surface area contributed by atoms with E-state index in [1.807, 2.05) is 102 Å². The second-order valence-corrected chi connectivity index (χ2v) is 42.1. The minimum atomic E-state index is -1.75. The van der Waals surface area contributed by atoms with Gasteiger partial charge in [-0.3, -0.25) is 14.4 Å². The summed E-state index contributed by atoms with van der Waals surface area (Å²) in [5, 5.41) is 74.6. The van der Waals surface area contributed by atoms with E-state index in [2.05, 4.69) is 48.5 Å². The van der Waals surface area contributed by atoms with E-state index in [0.717, 1.165) is 27.9 Å². The van der Waals surface area contributed by atoms with Gasteiger partial charge in [-0.05, 0) is 115 Å². The van der Waals surface area contributed by atoms with Crippen LogP contribution in [0.15, 0.2) is 124 Å². The second-order valence-electron chi connectivity index (χ2n) is 42.1. The summed E-state index contributed by atoms with van der Waals surface area (Å²) in [5.41, 5.74) is -7.21. The molecule has 9 aliphatic carbocycles. The molecule has 25 heteroatoms. The molecule has 6 N–H and O–H groups in total. The van der Waals surface area contributed by atoms with Gasteiger partial charge in [0.05, 0.1) is 97.0 Å². The Kier molecular flexibility index (Phi) is 22.5. The van der Waals surface area contributed by atoms with Gasteiger partial charge in [0.25, 0.3) is 0 Å². The zero-order valence-corrected chi connectivity index (χ0v) is 76.1. The molecule has 17 rings (SSSR count). The van der Waals surface area contributed by atoms with Gasteiger partial charge >= 0.3 is 35.8 Å². The lowest BCUT2D eigenvalue weighted by Crippen LogP contribution is -2.83. The molecule has 0 radical (unpaired) electrons. The maximum atomic E-state index is 13.9. The smallest absolute Gasteiger partial charge is 0.338 e. The average Bonchev–Trinajstić information content (AvgIpc) is 0.673. The van der Waals surface area contributed by atoms with Gasteiger partial charge in [-0.2, -0.15) is 0 Å². The van der Waals surface area contributed by atoms with Crippen molar-refractivity contribution in [3.63, 3.8) is 0 Å². The Hall–Kier alpha value is -6.82. The third kappa shape index (κ3) is 13.2. The fraction of sp³-hybridized carbons (Fsp3) is 0.694. The zero-order valence-electron chi connectivity index (χ0n) is 76.1. The van der Waals surface area contributed by atoms with Crippen LogP contribution in [0.5, 0.6) is 0 Å². The molecule has 0 aromatic heterocycles. The topological polar surface area (TPSA) is 344 Å². The maximum absolute atomic E-state index is 13.9. The first kappa shape index (κ1) is 90.9. The van der Waals surface area contributed by atoms with Crippen molar-refractivity contribution in [1.29, 1.82) is 0 Å². The minimum absolute atomic E-state index is 0.0124. The van der Waals surface area contributed by atoms with E-state index in [9.17, 15) is 59.4 Å². The van der Waals surface area contributed by atoms with Crippen molar-refractivity contribution in [2.75, 3.05) is 19.8 Å². The lowest BCUT2D eigenvalue weighted by molar-refractivity contribution is -0.428. The van der Waals surface area contributed by atoms with Crippen molar-refractivity contribution in [3.05, 3.63) is 141 Å². The lowest BCUT2D eigenvalue weighted by atomic mass is 9.42. The Bertz CT molecular complexity index is 4560. The third-order valence-corrected chi connectivity index (χ3v) is 33.8. The molecule has 6 saturated carbocycles. The molecule has 3 aromatic rings. The maximum Gasteiger partial charge on any atom is 0.338 e. The Labute approximate surface area is 723 Å². The number of rotatable bonds is 9. The third-order valence-electron chi connectivity index (χ3n) is 33.8. The number of aliphatic hydroxyl groups is 6. The van der Waals surface area contributed by atoms with Crippen LogP contribution in [0.1, 0.15) is 236 Å². The molecule has 0 amide bonds. The first-order chi connectivity index (χ1) is 57.1. The van der Waals surface area contributed by atoms with E-state index < -0.39 is 204 Å². The van der Waals surface area contributed by atoms with Crippen LogP contribution in [0.3, 0.4) is 0 Å². The van der Waals surface area contributed by atoms with E-state index in [4.69, 9.17) is 61.6 Å². The molecule has 5 heterocycles. The minimum Gasteiger partial charge on any atom is -0.455 e. The highest BCUT2D eigenvalue weighted by molar-refractivity contribution is 5.91. The summed E-state index contributed by atoms with van der Waals surface area (Å²) in [6.45, 7) is 46.1. The van der Waals surface area contributed by atoms with Crippen molar-refractivity contribution in [1.82, 2.24) is 0 Å². The first-order valence-electron chi connectivity index (χ1n) is 44.4. The highest BCUT2D eigenvalue weighted by atomic mass is 16.7. The molecule has 14 aliphatic rings. The van der Waals surface area contributed by atoms with Gasteiger partial charge in [0.1, 0.15) is 53.4 Å². The predicted molar refractivity (Wildman–Crippen MR) is 448 cm³/mol. The Balaban J connectivity index is 0.000000143. The molecule has 6 bridgehead atoms. The molecular formula is C98H132O25. The van der Waals surface area contributed by atoms with Crippen molar-refractivity contribution < 1.29 is 121 Å². The lowest BCUT2D eigenvalue weighted by Gasteiger charge is -2.72. The van der Waals surface area contributed by atoms with Crippen LogP contribution < -0.4 is 0 Å². The van der Waals surface area contributed by atoms with Crippen LogP contribution in [-0.2, 0) is 76.0 Å². The quantitative estimate of drug-likeness (QED) is 0.0658. The zero-order chi connectivity index (χ0) is 89.9. The summed E-state index contributed by atoms with van der Waals surface area (Å²) in [7, 11) is 0. The standard InChI is InChI=1S/C34H46O8.C33H44O9.C31H42O8/c1-18-16-34(37)28(39-29(36)22-13-11-10-12-14-22)26-32(9)23(15-24-33(26,17-38-24)40-21(4)35)41-31(7,8)42-27(32)20(3)25(19(18)2)30(34,5)6;1-17-21(35)15-33(37)27(39-28(36)20-12-10-9-11-13-20)25-31(8)22(14-23-32(25,16-38-23)40-19(3)34)41-30(6,7)42-26(31)18(2)24(17)29(33,4)5;1-16-14-31(36)26(38-27(35)20-11-9-8-10-12-20)24-29(7,25(34)18(3)23(17(16)2)28(31,5)6)21(33)13-22-30(24,15-37-22)39-19(4)32/h10-14,18,20,23-24,26-28,37H,15-17H2,1-9H3;9-13,18,21-23,25-27,35,37H,14-16H2,1-8H3;8-12,16,18,21-22,24-26,33-34,36H,13-15H2,1-7H3/t18-,20+,23-,24+,26-,27-,28-,32+,33-,34+;18-,21+,22+,23-,25+,26+,27+,31-,32+,33-;16-,18+,21-,22+,24-,25-,26-,29+,30-,31+/m010/s1. The van der Waals surface area contributed by atoms with Gasteiger partial charge in [0, 0.05) is 96.7 Å². The number of allylic oxidation sites excluding steroid dienone is 2. The Morgan fingerprint density at radius 1 is 0.374 bits per heavy atom. The molecule has 5 aliphatic heterocycles. The number of carbonyl (C=O) groups is 6. The summed E-state index contributed by atoms with van der Waals surface area (Å²) in [5.74, 6) is -8.38. The first-order valence-corrected chi connectivity index (χ1v) is 44.4. The normalized spacial score (nSPS) is 44.8. The fourth-order valence-corrected chi connectivity index (χ4v) is 27.8. The van der Waals surface area contributed by atoms with Gasteiger partial charge in [-0.25, -0.2) is 14.4 Å². The number of carbonyl (C=O) groups excluding carboxylic acids is 6. The van der Waals surface area contributed by atoms with Crippen LogP contribution >= 0.6 is 0 Å². The highest BCUT2D eigenvalue weighted by Gasteiger charge is 2.83. The van der Waals surface area contributed by atoms with Gasteiger partial charge in [-0.15, -0.1) is 0 Å². The van der Waals surface area contributed by atoms with Gasteiger partial charge in [0.15, 0.2) is 28.4 Å². The number of benzene rings is 3. The van der Waals surface area contributed by atoms with E-state index in [0.29, 0.717) is 36.0 Å². The summed E-state index contributed by atoms with van der Waals surface area (Å²) in [4.78, 5) is 79.6. The van der Waals surface area contributed by atoms with Crippen LogP contribution in [-0.4, -0.2) is 211 Å². The molecule has 674 valence electrons. The van der Waals surface area contributed by atoms with E-state index >= 15 is 0 Å². The number of fused-ring (bicyclic) bond motifs is 13. The molecule has 5 saturated heterocycles. The van der Waals surface area contributed by atoms with Gasteiger partial charge < -0.3 is 92.2 Å². The van der Waals surface area contributed by atoms with Crippen molar-refractivity contribution in [2.24, 2.45) is 79.8 Å². The molecule has 0 unspecified atom stereocenters. The van der Waals surface area contributed by atoms with Crippen molar-refractivity contribution in [3.8, 4) is 0 Å². The Morgan fingerprint density at radius 3 is 0.976 bits per heavy atom. The van der Waals surface area contributed by atoms with E-state index in [-0.39, 0.29) is 75.0 Å². The number of esters is 6. The average molecular weight is 1710 g/mol. The van der Waals surface area contributed by atoms with Crippen LogP contribution in [0, 0.1) is 79.8 Å². The van der Waals surface area contributed by atoms with Crippen LogP contribution in [0.25, 0.3) is 0 Å². The van der Waals surface area contributed by atoms with Crippen molar-refractivity contribution >= 4 is 35.8 Å². The van der Waals surface area contributed by atoms with Gasteiger partial charge in [-0.1, -0.05) is 179 Å². The largest absolute Gasteiger partial charge is 0.455 e. The SMILES string of the molecule is CC(=O)O[C@@]12CO[C@@H]1C[C@@H]1OC(C)(C)O[C@H]3[C@H](C)C4=C(C)[C@@H](C)C[C@@](O)([C@@H](OC(=O)c5ccccc5)[C@H]2[C@@]13C)C4(C)C.CC(=O)O[C@@]12CO[C@@H]1C[C@@H]1OC(C)(C)O[C@H]3[C@H](C)C4=C(C)[C@@H](O)C[C@@](O)([C@@H](OC(=O)c5ccccc5)[C@H]2[C@@]13C)C4(C)C.CC(=O)O[C@@]12CO[C@@H]1C[C@H](O)[C@]1(C)[C@@H]2[C@H](OC(=O)c2ccccc2)[C@]2(O)C[C@H](C)C(C)=C([C@@H](C)[C@@H]1O)C2(C)C. The van der Waals surface area contributed by atoms with E-state index in [1.165, 1.54) is 26.3 Å². The summed E-state index contributed by atoms with van der Waals surface area (Å²) in [6.07, 6.45) is -8.35. The van der Waals surface area contributed by atoms with Crippen LogP contribution in [0.4, 0.5) is 0 Å². The molecule has 30 atom stereocenters. The molecular weight excluding hydrogens is 1580 g/mol. The number of aliphatic hydroxyl groups excluding tert-OH is 3. The predicted octanol–water partition coefficient (Wildman–Crippen LogP) is 12.6. The molecule has 25 nitrogen and oxygen atoms in total. The number of hydrogen-bond acceptors (Lipinski definition) is 25. The number of ether oxygens (including phenoxy) is 13. The fourth-order valence-electron chi connectivity index (χ4n) is 27.8. The monoisotopic (exact) mass is 1710 g/mol. The molecule has 123 heavy (non-hydrogen) atoms. The summed E-state index contributed by atoms with van der Waals surface area (Å²) >= 11 is 0. The van der Waals surface area contributed by atoms with Crippen LogP contribution in [0.2, 0.25) is 0 Å². The Morgan fingerprint density at radius 2 is 0.667 bits per heavy atom. The molecule has 11 fully saturated rings. The highest BCUT2D eigenvalue weighted by Crippen LogP contribution is 2.73. The molecule has 0 spiro atoms. The van der Waals surface area contributed by atoms with E-state index in [1.54, 1.807) is 85.8 Å². The molecule has 3 aromatic carbocycles. The number of hydrogen-bond donors (Lipinski definition) is 6. The summed E-state index contributed by atoms with van der Waals surface area (Å²) < 4.78 is 83.1. The summed E-state index contributed by atoms with van der Waals surface area (Å²) in [6, 6.07) is 26.0. The van der Waals surface area contributed by atoms with Gasteiger partial charge in [0.2, 0.25) is 0 Å².